The normalized spacial score (nSPS) is 10.9. The zero-order valence-electron chi connectivity index (χ0n) is 9.88. The lowest BCUT2D eigenvalue weighted by Crippen LogP contribution is -2.15. The van der Waals surface area contributed by atoms with Crippen molar-refractivity contribution in [3.63, 3.8) is 0 Å². The van der Waals surface area contributed by atoms with Gasteiger partial charge in [-0.2, -0.15) is 0 Å². The molecule has 0 radical (unpaired) electrons. The molecule has 1 aromatic rings. The number of anilines is 1. The van der Waals surface area contributed by atoms with Gasteiger partial charge in [0.1, 0.15) is 0 Å². The summed E-state index contributed by atoms with van der Waals surface area (Å²) < 4.78 is 29.9. The van der Waals surface area contributed by atoms with Gasteiger partial charge in [-0.3, -0.25) is 9.52 Å². The molecule has 0 spiro atoms. The molecule has 0 fully saturated rings. The lowest BCUT2D eigenvalue weighted by atomic mass is 10.3. The van der Waals surface area contributed by atoms with Gasteiger partial charge in [0.15, 0.2) is 5.13 Å². The number of hydrogen-bond donors (Lipinski definition) is 1. The van der Waals surface area contributed by atoms with Gasteiger partial charge in [-0.25, -0.2) is 13.4 Å². The van der Waals surface area contributed by atoms with E-state index in [9.17, 15) is 13.2 Å². The highest BCUT2D eigenvalue weighted by atomic mass is 32.2. The molecule has 100 valence electrons. The van der Waals surface area contributed by atoms with E-state index in [1.807, 2.05) is 0 Å². The largest absolute Gasteiger partial charge is 0.466 e. The van der Waals surface area contributed by atoms with Crippen LogP contribution in [0, 0.1) is 0 Å². The van der Waals surface area contributed by atoms with Gasteiger partial charge in [0, 0.05) is 5.38 Å². The summed E-state index contributed by atoms with van der Waals surface area (Å²) >= 11 is 1.12. The summed E-state index contributed by atoms with van der Waals surface area (Å²) in [6.07, 6.45) is 1.32. The van der Waals surface area contributed by atoms with Crippen molar-refractivity contribution >= 4 is 32.5 Å². The molecule has 0 aliphatic heterocycles. The van der Waals surface area contributed by atoms with Gasteiger partial charge < -0.3 is 4.74 Å². The fourth-order valence-corrected chi connectivity index (χ4v) is 2.96. The number of nitrogens with zero attached hydrogens (tertiary/aromatic N) is 1. The van der Waals surface area contributed by atoms with Crippen LogP contribution in [-0.2, 0) is 26.0 Å². The number of thiazole rings is 1. The van der Waals surface area contributed by atoms with Crippen LogP contribution in [0.3, 0.4) is 0 Å². The number of nitrogens with one attached hydrogen (secondary N) is 1. The molecular formula is C10H14N2O4S2. The van der Waals surface area contributed by atoms with Crippen LogP contribution < -0.4 is 4.72 Å². The summed E-state index contributed by atoms with van der Waals surface area (Å²) in [7, 11) is -3.45. The minimum absolute atomic E-state index is 0.0352. The Balaban J connectivity index is 2.64. The third-order valence-electron chi connectivity index (χ3n) is 1.76. The average Bonchev–Trinajstić information content (AvgIpc) is 2.64. The number of carbonyl (C=O) groups excluding carboxylic acids is 1. The van der Waals surface area contributed by atoms with Crippen molar-refractivity contribution in [2.75, 3.05) is 17.1 Å². The highest BCUT2D eigenvalue weighted by Gasteiger charge is 2.12. The van der Waals surface area contributed by atoms with Crippen LogP contribution in [0.15, 0.2) is 18.0 Å². The summed E-state index contributed by atoms with van der Waals surface area (Å²) in [5, 5.41) is 1.85. The van der Waals surface area contributed by atoms with Crippen LogP contribution in [0.5, 0.6) is 0 Å². The van der Waals surface area contributed by atoms with E-state index >= 15 is 0 Å². The van der Waals surface area contributed by atoms with Crippen molar-refractivity contribution in [3.05, 3.63) is 23.7 Å². The number of rotatable bonds is 7. The second-order valence-corrected chi connectivity index (χ2v) is 5.92. The van der Waals surface area contributed by atoms with Crippen LogP contribution in [0.2, 0.25) is 0 Å². The number of esters is 1. The van der Waals surface area contributed by atoms with Gasteiger partial charge >= 0.3 is 5.97 Å². The van der Waals surface area contributed by atoms with E-state index in [1.54, 1.807) is 12.3 Å². The number of carbonyl (C=O) groups is 1. The van der Waals surface area contributed by atoms with E-state index < -0.39 is 10.0 Å². The number of sulfonamides is 1. The lowest BCUT2D eigenvalue weighted by molar-refractivity contribution is -0.142. The van der Waals surface area contributed by atoms with E-state index in [-0.39, 0.29) is 23.3 Å². The number of hydrogen-bond acceptors (Lipinski definition) is 6. The maximum atomic E-state index is 11.4. The highest BCUT2D eigenvalue weighted by Crippen LogP contribution is 2.17. The Morgan fingerprint density at radius 1 is 1.67 bits per heavy atom. The molecule has 0 amide bonds. The Morgan fingerprint density at radius 3 is 3.00 bits per heavy atom. The molecule has 1 rings (SSSR count). The molecule has 0 unspecified atom stereocenters. The van der Waals surface area contributed by atoms with Crippen LogP contribution in [0.1, 0.15) is 12.6 Å². The van der Waals surface area contributed by atoms with Gasteiger partial charge in [0.05, 0.1) is 24.5 Å². The zero-order valence-corrected chi connectivity index (χ0v) is 11.5. The SMILES string of the molecule is C=CCS(=O)(=O)Nc1nc(CC(=O)OCC)cs1. The van der Waals surface area contributed by atoms with Crippen molar-refractivity contribution < 1.29 is 17.9 Å². The Morgan fingerprint density at radius 2 is 2.39 bits per heavy atom. The first-order valence-corrected chi connectivity index (χ1v) is 7.71. The van der Waals surface area contributed by atoms with Gasteiger partial charge in [0.2, 0.25) is 10.0 Å². The van der Waals surface area contributed by atoms with E-state index in [0.29, 0.717) is 12.3 Å². The second-order valence-electron chi connectivity index (χ2n) is 3.30. The van der Waals surface area contributed by atoms with Gasteiger partial charge in [-0.15, -0.1) is 17.9 Å². The molecule has 8 heteroatoms. The Bertz CT molecular complexity index is 522. The van der Waals surface area contributed by atoms with Gasteiger partial charge in [0.25, 0.3) is 0 Å². The second kappa shape index (κ2) is 6.50. The molecule has 0 saturated carbocycles. The predicted molar refractivity (Wildman–Crippen MR) is 70.1 cm³/mol. The van der Waals surface area contributed by atoms with E-state index in [2.05, 4.69) is 16.3 Å². The first kappa shape index (κ1) is 14.7. The van der Waals surface area contributed by atoms with Crippen molar-refractivity contribution in [1.82, 2.24) is 4.98 Å². The summed E-state index contributed by atoms with van der Waals surface area (Å²) in [6.45, 7) is 5.38. The molecule has 0 bridgehead atoms. The van der Waals surface area contributed by atoms with Crippen LogP contribution in [0.25, 0.3) is 0 Å². The number of ether oxygens (including phenoxy) is 1. The average molecular weight is 290 g/mol. The first-order valence-electron chi connectivity index (χ1n) is 5.18. The van der Waals surface area contributed by atoms with E-state index in [4.69, 9.17) is 4.74 Å². The molecule has 0 atom stereocenters. The Kier molecular flexibility index (Phi) is 5.29. The molecule has 1 heterocycles. The maximum Gasteiger partial charge on any atom is 0.311 e. The summed E-state index contributed by atoms with van der Waals surface area (Å²) in [6, 6.07) is 0. The maximum absolute atomic E-state index is 11.4. The van der Waals surface area contributed by atoms with Gasteiger partial charge in [-0.05, 0) is 6.92 Å². The zero-order chi connectivity index (χ0) is 13.6. The summed E-state index contributed by atoms with van der Waals surface area (Å²) in [5.41, 5.74) is 0.481. The third-order valence-corrected chi connectivity index (χ3v) is 3.88. The van der Waals surface area contributed by atoms with Crippen molar-refractivity contribution in [2.24, 2.45) is 0 Å². The minimum atomic E-state index is -3.45. The molecule has 0 aliphatic carbocycles. The van der Waals surface area contributed by atoms with Crippen LogP contribution in [-0.4, -0.2) is 31.7 Å². The number of aromatic nitrogens is 1. The molecular weight excluding hydrogens is 276 g/mol. The van der Waals surface area contributed by atoms with Crippen molar-refractivity contribution in [2.45, 2.75) is 13.3 Å². The molecule has 6 nitrogen and oxygen atoms in total. The van der Waals surface area contributed by atoms with Crippen LogP contribution >= 0.6 is 11.3 Å². The van der Waals surface area contributed by atoms with E-state index in [0.717, 1.165) is 11.3 Å². The summed E-state index contributed by atoms with van der Waals surface area (Å²) in [5.74, 6) is -0.567. The Hall–Kier alpha value is -1.41. The van der Waals surface area contributed by atoms with E-state index in [1.165, 1.54) is 6.08 Å². The topological polar surface area (TPSA) is 85.4 Å². The molecule has 0 aliphatic rings. The molecule has 1 aromatic heterocycles. The third kappa shape index (κ3) is 4.84. The predicted octanol–water partition coefficient (Wildman–Crippen LogP) is 1.18. The van der Waals surface area contributed by atoms with Gasteiger partial charge in [-0.1, -0.05) is 6.08 Å². The fourth-order valence-electron chi connectivity index (χ4n) is 1.12. The fraction of sp³-hybridized carbons (Fsp3) is 0.400. The smallest absolute Gasteiger partial charge is 0.311 e. The Labute approximate surface area is 110 Å². The van der Waals surface area contributed by atoms with Crippen LogP contribution in [0.4, 0.5) is 5.13 Å². The molecule has 0 saturated heterocycles. The standard InChI is InChI=1S/C10H14N2O4S2/c1-3-5-18(14,15)12-10-11-8(7-17-10)6-9(13)16-4-2/h3,7H,1,4-6H2,2H3,(H,11,12). The highest BCUT2D eigenvalue weighted by molar-refractivity contribution is 7.93. The molecule has 1 N–H and O–H groups in total. The molecule has 18 heavy (non-hydrogen) atoms. The van der Waals surface area contributed by atoms with Crippen molar-refractivity contribution in [1.29, 1.82) is 0 Å². The minimum Gasteiger partial charge on any atom is -0.466 e. The quantitative estimate of drug-likeness (QED) is 0.602. The monoisotopic (exact) mass is 290 g/mol. The first-order chi connectivity index (χ1) is 8.46. The molecule has 0 aromatic carbocycles. The van der Waals surface area contributed by atoms with Crippen molar-refractivity contribution in [3.8, 4) is 0 Å². The lowest BCUT2D eigenvalue weighted by Gasteiger charge is -2.01. The summed E-state index contributed by atoms with van der Waals surface area (Å²) in [4.78, 5) is 15.2.